The van der Waals surface area contributed by atoms with Gasteiger partial charge in [0.05, 0.1) is 5.02 Å². The Kier molecular flexibility index (Phi) is 3.33. The maximum absolute atomic E-state index is 13.7. The molecule has 0 aromatic carbocycles. The summed E-state index contributed by atoms with van der Waals surface area (Å²) in [5, 5.41) is 0.347. The van der Waals surface area contributed by atoms with Gasteiger partial charge in [-0.1, -0.05) is 18.5 Å². The average molecular weight is 243 g/mol. The maximum atomic E-state index is 13.7. The third-order valence-electron chi connectivity index (χ3n) is 3.20. The van der Waals surface area contributed by atoms with Crippen molar-refractivity contribution in [3.8, 4) is 0 Å². The van der Waals surface area contributed by atoms with Gasteiger partial charge in [0.25, 0.3) is 0 Å². The molecular formula is C12H16ClFN2. The average Bonchev–Trinajstić information content (AvgIpc) is 2.19. The molecule has 1 aromatic rings. The smallest absolute Gasteiger partial charge is 0.167 e. The standard InChI is InChI=1S/C12H16ClFN2/c1-8-3-4-16(9(2)5-8)12-11(14)6-10(13)7-15-12/h6-9H,3-5H2,1-2H3. The molecule has 1 aromatic heterocycles. The van der Waals surface area contributed by atoms with Crippen molar-refractivity contribution in [3.63, 3.8) is 0 Å². The Hall–Kier alpha value is -0.830. The summed E-state index contributed by atoms with van der Waals surface area (Å²) in [7, 11) is 0. The lowest BCUT2D eigenvalue weighted by Gasteiger charge is -2.37. The molecule has 1 fully saturated rings. The lowest BCUT2D eigenvalue weighted by Crippen LogP contribution is -2.41. The molecule has 4 heteroatoms. The van der Waals surface area contributed by atoms with Crippen LogP contribution < -0.4 is 4.90 Å². The van der Waals surface area contributed by atoms with Crippen LogP contribution in [0.4, 0.5) is 10.2 Å². The lowest BCUT2D eigenvalue weighted by atomic mass is 9.93. The van der Waals surface area contributed by atoms with E-state index in [0.717, 1.165) is 19.4 Å². The first-order valence-corrected chi connectivity index (χ1v) is 6.03. The number of pyridine rings is 1. The van der Waals surface area contributed by atoms with Gasteiger partial charge >= 0.3 is 0 Å². The molecule has 0 bridgehead atoms. The number of piperidine rings is 1. The zero-order chi connectivity index (χ0) is 11.7. The molecule has 1 aliphatic heterocycles. The second-order valence-electron chi connectivity index (χ2n) is 4.63. The second-order valence-corrected chi connectivity index (χ2v) is 5.07. The van der Waals surface area contributed by atoms with E-state index in [1.807, 2.05) is 4.90 Å². The Bertz CT molecular complexity index is 383. The highest BCUT2D eigenvalue weighted by molar-refractivity contribution is 6.30. The van der Waals surface area contributed by atoms with Gasteiger partial charge in [-0.2, -0.15) is 0 Å². The quantitative estimate of drug-likeness (QED) is 0.749. The van der Waals surface area contributed by atoms with Gasteiger partial charge in [-0.15, -0.1) is 0 Å². The summed E-state index contributed by atoms with van der Waals surface area (Å²) in [4.78, 5) is 6.13. The van der Waals surface area contributed by atoms with Gasteiger partial charge in [0.1, 0.15) is 0 Å². The molecule has 0 spiro atoms. The summed E-state index contributed by atoms with van der Waals surface area (Å²) in [5.74, 6) is 0.819. The Morgan fingerprint density at radius 2 is 2.25 bits per heavy atom. The third kappa shape index (κ3) is 2.29. The predicted molar refractivity (Wildman–Crippen MR) is 64.4 cm³/mol. The molecule has 2 unspecified atom stereocenters. The van der Waals surface area contributed by atoms with E-state index >= 15 is 0 Å². The molecule has 2 atom stereocenters. The van der Waals surface area contributed by atoms with E-state index in [9.17, 15) is 4.39 Å². The number of hydrogen-bond acceptors (Lipinski definition) is 2. The van der Waals surface area contributed by atoms with Crippen LogP contribution in [-0.4, -0.2) is 17.6 Å². The van der Waals surface area contributed by atoms with Crippen LogP contribution in [0.1, 0.15) is 26.7 Å². The van der Waals surface area contributed by atoms with Crippen molar-refractivity contribution in [2.45, 2.75) is 32.7 Å². The fourth-order valence-electron chi connectivity index (χ4n) is 2.34. The van der Waals surface area contributed by atoms with Gasteiger partial charge < -0.3 is 4.90 Å². The van der Waals surface area contributed by atoms with E-state index in [1.165, 1.54) is 12.3 Å². The number of nitrogens with zero attached hydrogens (tertiary/aromatic N) is 2. The minimum Gasteiger partial charge on any atom is -0.351 e. The normalized spacial score (nSPS) is 25.9. The molecule has 0 aliphatic carbocycles. The summed E-state index contributed by atoms with van der Waals surface area (Å²) >= 11 is 5.69. The predicted octanol–water partition coefficient (Wildman–Crippen LogP) is 3.50. The van der Waals surface area contributed by atoms with E-state index in [-0.39, 0.29) is 5.82 Å². The summed E-state index contributed by atoms with van der Waals surface area (Å²) in [6.07, 6.45) is 3.68. The van der Waals surface area contributed by atoms with Crippen molar-refractivity contribution in [1.82, 2.24) is 4.98 Å². The van der Waals surface area contributed by atoms with Crippen LogP contribution in [0.3, 0.4) is 0 Å². The number of halogens is 2. The Morgan fingerprint density at radius 1 is 1.50 bits per heavy atom. The van der Waals surface area contributed by atoms with Crippen molar-refractivity contribution >= 4 is 17.4 Å². The highest BCUT2D eigenvalue weighted by atomic mass is 35.5. The van der Waals surface area contributed by atoms with Crippen molar-refractivity contribution < 1.29 is 4.39 Å². The zero-order valence-electron chi connectivity index (χ0n) is 9.58. The molecule has 16 heavy (non-hydrogen) atoms. The molecular weight excluding hydrogens is 227 g/mol. The van der Waals surface area contributed by atoms with Gasteiger partial charge in [-0.25, -0.2) is 9.37 Å². The lowest BCUT2D eigenvalue weighted by molar-refractivity contribution is 0.372. The summed E-state index contributed by atoms with van der Waals surface area (Å²) < 4.78 is 13.7. The molecule has 1 saturated heterocycles. The van der Waals surface area contributed by atoms with Crippen LogP contribution in [-0.2, 0) is 0 Å². The number of hydrogen-bond donors (Lipinski definition) is 0. The molecule has 2 rings (SSSR count). The van der Waals surface area contributed by atoms with Crippen LogP contribution in [0, 0.1) is 11.7 Å². The molecule has 0 N–H and O–H groups in total. The van der Waals surface area contributed by atoms with Crippen molar-refractivity contribution in [2.24, 2.45) is 5.92 Å². The molecule has 0 amide bonds. The SMILES string of the molecule is CC1CCN(c2ncc(Cl)cc2F)C(C)C1. The van der Waals surface area contributed by atoms with Crippen LogP contribution in [0.2, 0.25) is 5.02 Å². The summed E-state index contributed by atoms with van der Waals surface area (Å²) in [5.41, 5.74) is 0. The van der Waals surface area contributed by atoms with E-state index in [2.05, 4.69) is 18.8 Å². The first kappa shape index (κ1) is 11.6. The topological polar surface area (TPSA) is 16.1 Å². The van der Waals surface area contributed by atoms with Crippen LogP contribution in [0.15, 0.2) is 12.3 Å². The third-order valence-corrected chi connectivity index (χ3v) is 3.41. The number of anilines is 1. The van der Waals surface area contributed by atoms with Gasteiger partial charge in [0.2, 0.25) is 0 Å². The van der Waals surface area contributed by atoms with Gasteiger partial charge in [0.15, 0.2) is 11.6 Å². The Balaban J connectivity index is 2.23. The van der Waals surface area contributed by atoms with Gasteiger partial charge in [-0.3, -0.25) is 0 Å². The molecule has 2 heterocycles. The molecule has 2 nitrogen and oxygen atoms in total. The highest BCUT2D eigenvalue weighted by Crippen LogP contribution is 2.28. The zero-order valence-corrected chi connectivity index (χ0v) is 10.3. The number of aromatic nitrogens is 1. The second kappa shape index (κ2) is 4.58. The van der Waals surface area contributed by atoms with E-state index in [1.54, 1.807) is 0 Å². The fraction of sp³-hybridized carbons (Fsp3) is 0.583. The van der Waals surface area contributed by atoms with E-state index < -0.39 is 0 Å². The summed E-state index contributed by atoms with van der Waals surface area (Å²) in [6, 6.07) is 1.67. The summed E-state index contributed by atoms with van der Waals surface area (Å²) in [6.45, 7) is 5.22. The Labute approximate surface area is 100 Å². The van der Waals surface area contributed by atoms with Gasteiger partial charge in [0, 0.05) is 18.8 Å². The van der Waals surface area contributed by atoms with Crippen LogP contribution >= 0.6 is 11.6 Å². The first-order valence-electron chi connectivity index (χ1n) is 5.65. The minimum atomic E-state index is -0.325. The maximum Gasteiger partial charge on any atom is 0.167 e. The molecule has 0 saturated carbocycles. The first-order chi connectivity index (χ1) is 7.58. The van der Waals surface area contributed by atoms with Crippen LogP contribution in [0.25, 0.3) is 0 Å². The fourth-order valence-corrected chi connectivity index (χ4v) is 2.49. The molecule has 0 radical (unpaired) electrons. The monoisotopic (exact) mass is 242 g/mol. The molecule has 88 valence electrons. The highest BCUT2D eigenvalue weighted by Gasteiger charge is 2.25. The van der Waals surface area contributed by atoms with E-state index in [4.69, 9.17) is 11.6 Å². The van der Waals surface area contributed by atoms with Crippen molar-refractivity contribution in [3.05, 3.63) is 23.1 Å². The van der Waals surface area contributed by atoms with E-state index in [0.29, 0.717) is 22.8 Å². The number of rotatable bonds is 1. The molecule has 1 aliphatic rings. The van der Waals surface area contributed by atoms with Gasteiger partial charge in [-0.05, 0) is 31.7 Å². The van der Waals surface area contributed by atoms with Crippen molar-refractivity contribution in [1.29, 1.82) is 0 Å². The minimum absolute atomic E-state index is 0.325. The largest absolute Gasteiger partial charge is 0.351 e. The Morgan fingerprint density at radius 3 is 2.88 bits per heavy atom. The van der Waals surface area contributed by atoms with Crippen molar-refractivity contribution in [2.75, 3.05) is 11.4 Å². The van der Waals surface area contributed by atoms with Crippen LogP contribution in [0.5, 0.6) is 0 Å².